The molecule has 0 bridgehead atoms. The lowest BCUT2D eigenvalue weighted by atomic mass is 9.94. The van der Waals surface area contributed by atoms with Crippen molar-refractivity contribution in [1.82, 2.24) is 10.6 Å². The molecule has 3 saturated heterocycles. The maximum atomic E-state index is 12.0. The van der Waals surface area contributed by atoms with Crippen LogP contribution in [-0.2, 0) is 33.3 Å². The van der Waals surface area contributed by atoms with Crippen molar-refractivity contribution in [3.63, 3.8) is 0 Å². The first-order valence-corrected chi connectivity index (χ1v) is 12.6. The second-order valence-electron chi connectivity index (χ2n) is 9.81. The van der Waals surface area contributed by atoms with Gasteiger partial charge in [0.25, 0.3) is 0 Å². The number of amides is 2. The standard InChI is InChI=1S/C22H38N2O16/c1-6(28)23-11-15(32)13(30)8(3-25)37-21(11)39-18-10(5-27)36-20(35)12(24-7(2)29)19(18)40-22-17(34)16(33)14(31)9(4-26)38-22/h8-22,25-27,30-35H,3-5H2,1-2H3,(H,23,28)(H,24,29)/t8-,9-,10-,11+,12-,13-,14+,15-,16+,17-,18-,19-,20-,21+,22-/m1/s1. The predicted molar refractivity (Wildman–Crippen MR) is 124 cm³/mol. The number of nitrogens with one attached hydrogen (secondary N) is 2. The molecule has 18 nitrogen and oxygen atoms in total. The lowest BCUT2D eigenvalue weighted by Gasteiger charge is -2.50. The summed E-state index contributed by atoms with van der Waals surface area (Å²) in [6, 6.07) is -2.92. The van der Waals surface area contributed by atoms with Gasteiger partial charge in [0.2, 0.25) is 11.8 Å². The molecule has 11 N–H and O–H groups in total. The van der Waals surface area contributed by atoms with Crippen LogP contribution in [0.4, 0.5) is 0 Å². The van der Waals surface area contributed by atoms with E-state index < -0.39 is 124 Å². The van der Waals surface area contributed by atoms with E-state index >= 15 is 0 Å². The number of carbonyl (C=O) groups excluding carboxylic acids is 2. The molecule has 0 aromatic rings. The number of rotatable bonds is 9. The Balaban J connectivity index is 1.99. The molecule has 0 aromatic heterocycles. The van der Waals surface area contributed by atoms with Gasteiger partial charge in [0, 0.05) is 13.8 Å². The van der Waals surface area contributed by atoms with Gasteiger partial charge in [-0.15, -0.1) is 0 Å². The maximum Gasteiger partial charge on any atom is 0.217 e. The van der Waals surface area contributed by atoms with Crippen molar-refractivity contribution in [3.05, 3.63) is 0 Å². The number of ether oxygens (including phenoxy) is 5. The van der Waals surface area contributed by atoms with Gasteiger partial charge in [-0.25, -0.2) is 0 Å². The number of aliphatic hydroxyl groups is 9. The Morgan fingerprint density at radius 1 is 0.600 bits per heavy atom. The van der Waals surface area contributed by atoms with E-state index in [4.69, 9.17) is 23.7 Å². The third kappa shape index (κ3) is 7.05. The molecule has 0 saturated carbocycles. The molecule has 0 aliphatic carbocycles. The highest BCUT2D eigenvalue weighted by molar-refractivity contribution is 5.73. The molecule has 15 atom stereocenters. The molecule has 3 rings (SSSR count). The predicted octanol–water partition coefficient (Wildman–Crippen LogP) is -7.29. The summed E-state index contributed by atoms with van der Waals surface area (Å²) in [6.07, 6.45) is -21.4. The number of carbonyl (C=O) groups is 2. The molecule has 0 radical (unpaired) electrons. The van der Waals surface area contributed by atoms with Gasteiger partial charge < -0.3 is 80.3 Å². The van der Waals surface area contributed by atoms with E-state index in [0.29, 0.717) is 0 Å². The van der Waals surface area contributed by atoms with Crippen LogP contribution in [0.5, 0.6) is 0 Å². The van der Waals surface area contributed by atoms with Crippen molar-refractivity contribution < 1.29 is 79.2 Å². The van der Waals surface area contributed by atoms with Gasteiger partial charge in [-0.05, 0) is 0 Å². The van der Waals surface area contributed by atoms with Crippen LogP contribution in [0, 0.1) is 0 Å². The third-order valence-electron chi connectivity index (χ3n) is 6.90. The molecule has 3 aliphatic heterocycles. The molecule has 3 fully saturated rings. The van der Waals surface area contributed by atoms with Crippen molar-refractivity contribution >= 4 is 11.8 Å². The van der Waals surface area contributed by atoms with Gasteiger partial charge >= 0.3 is 0 Å². The van der Waals surface area contributed by atoms with Gasteiger partial charge in [-0.1, -0.05) is 0 Å². The first-order chi connectivity index (χ1) is 18.8. The van der Waals surface area contributed by atoms with Gasteiger partial charge in [0.05, 0.1) is 19.8 Å². The van der Waals surface area contributed by atoms with Gasteiger partial charge in [-0.2, -0.15) is 0 Å². The maximum absolute atomic E-state index is 12.0. The van der Waals surface area contributed by atoms with E-state index in [-0.39, 0.29) is 0 Å². The van der Waals surface area contributed by atoms with Gasteiger partial charge in [0.1, 0.15) is 73.1 Å². The Labute approximate surface area is 228 Å². The molecular formula is C22H38N2O16. The summed E-state index contributed by atoms with van der Waals surface area (Å²) in [6.45, 7) is -0.162. The molecule has 0 aromatic carbocycles. The lowest BCUT2D eigenvalue weighted by Crippen LogP contribution is -2.70. The normalized spacial score (nSPS) is 46.0. The third-order valence-corrected chi connectivity index (χ3v) is 6.90. The summed E-state index contributed by atoms with van der Waals surface area (Å²) < 4.78 is 28.1. The van der Waals surface area contributed by atoms with E-state index in [2.05, 4.69) is 10.6 Å². The Bertz CT molecular complexity index is 852. The minimum Gasteiger partial charge on any atom is -0.394 e. The second kappa shape index (κ2) is 14.0. The molecule has 2 amide bonds. The monoisotopic (exact) mass is 586 g/mol. The Kier molecular flexibility index (Phi) is 11.5. The number of hydrogen-bond acceptors (Lipinski definition) is 16. The van der Waals surface area contributed by atoms with Gasteiger partial charge in [-0.3, -0.25) is 9.59 Å². The van der Waals surface area contributed by atoms with E-state index in [1.165, 1.54) is 0 Å². The fraction of sp³-hybridized carbons (Fsp3) is 0.909. The zero-order chi connectivity index (χ0) is 29.9. The molecule has 0 spiro atoms. The molecule has 40 heavy (non-hydrogen) atoms. The van der Waals surface area contributed by atoms with Gasteiger partial charge in [0.15, 0.2) is 18.9 Å². The molecule has 18 heteroatoms. The smallest absolute Gasteiger partial charge is 0.217 e. The van der Waals surface area contributed by atoms with Crippen LogP contribution in [0.3, 0.4) is 0 Å². The largest absolute Gasteiger partial charge is 0.394 e. The fourth-order valence-electron chi connectivity index (χ4n) is 4.86. The highest BCUT2D eigenvalue weighted by Gasteiger charge is 2.54. The minimum atomic E-state index is -1.90. The van der Waals surface area contributed by atoms with Crippen molar-refractivity contribution in [3.8, 4) is 0 Å². The van der Waals surface area contributed by atoms with Crippen LogP contribution >= 0.6 is 0 Å². The first kappa shape index (κ1) is 32.9. The molecule has 0 unspecified atom stereocenters. The van der Waals surface area contributed by atoms with Crippen molar-refractivity contribution in [2.24, 2.45) is 0 Å². The highest BCUT2D eigenvalue weighted by atomic mass is 16.7. The van der Waals surface area contributed by atoms with Crippen molar-refractivity contribution in [2.75, 3.05) is 19.8 Å². The number of hydrogen-bond donors (Lipinski definition) is 11. The first-order valence-electron chi connectivity index (χ1n) is 12.6. The second-order valence-corrected chi connectivity index (χ2v) is 9.81. The summed E-state index contributed by atoms with van der Waals surface area (Å²) in [5.74, 6) is -1.34. The van der Waals surface area contributed by atoms with E-state index in [9.17, 15) is 55.5 Å². The summed E-state index contributed by atoms with van der Waals surface area (Å²) in [5.41, 5.74) is 0. The van der Waals surface area contributed by atoms with Crippen LogP contribution in [0.25, 0.3) is 0 Å². The quantitative estimate of drug-likeness (QED) is 0.120. The fourth-order valence-corrected chi connectivity index (χ4v) is 4.86. The minimum absolute atomic E-state index is 0.657. The highest BCUT2D eigenvalue weighted by Crippen LogP contribution is 2.33. The van der Waals surface area contributed by atoms with E-state index in [0.717, 1.165) is 13.8 Å². The zero-order valence-electron chi connectivity index (χ0n) is 21.7. The van der Waals surface area contributed by atoms with Crippen molar-refractivity contribution in [2.45, 2.75) is 106 Å². The van der Waals surface area contributed by atoms with Crippen LogP contribution < -0.4 is 10.6 Å². The average molecular weight is 587 g/mol. The molecule has 232 valence electrons. The summed E-state index contributed by atoms with van der Waals surface area (Å²) in [4.78, 5) is 23.8. The summed E-state index contributed by atoms with van der Waals surface area (Å²) in [5, 5.41) is 96.3. The van der Waals surface area contributed by atoms with Crippen LogP contribution in [-0.4, -0.2) is 170 Å². The molecular weight excluding hydrogens is 548 g/mol. The van der Waals surface area contributed by atoms with Crippen molar-refractivity contribution in [1.29, 1.82) is 0 Å². The number of aliphatic hydroxyl groups excluding tert-OH is 9. The summed E-state index contributed by atoms with van der Waals surface area (Å²) >= 11 is 0. The van der Waals surface area contributed by atoms with Crippen LogP contribution in [0.1, 0.15) is 13.8 Å². The topological polar surface area (TPSA) is 286 Å². The summed E-state index contributed by atoms with van der Waals surface area (Å²) in [7, 11) is 0. The Morgan fingerprint density at radius 3 is 1.60 bits per heavy atom. The SMILES string of the molecule is CC(=O)N[C@@H]1[C@H](O[C@H]2[C@H](O[C@H]3O[C@H](CO)[C@H](O)[C@H](O)[C@H]3O)[C@@H](NC(C)=O)[C@H](O)O[C@@H]2CO)O[C@H](CO)[C@@H](O)[C@@H]1O. The van der Waals surface area contributed by atoms with E-state index in [1.807, 2.05) is 0 Å². The Morgan fingerprint density at radius 2 is 1.07 bits per heavy atom. The van der Waals surface area contributed by atoms with Crippen LogP contribution in [0.15, 0.2) is 0 Å². The lowest BCUT2D eigenvalue weighted by molar-refractivity contribution is -0.364. The molecule has 3 aliphatic rings. The Hall–Kier alpha value is -1.62. The molecule has 3 heterocycles. The van der Waals surface area contributed by atoms with Crippen LogP contribution in [0.2, 0.25) is 0 Å². The zero-order valence-corrected chi connectivity index (χ0v) is 21.7. The van der Waals surface area contributed by atoms with E-state index in [1.54, 1.807) is 0 Å². The average Bonchev–Trinajstić information content (AvgIpc) is 2.90.